The minimum atomic E-state index is -0.153. The molecule has 2 aromatic carbocycles. The van der Waals surface area contributed by atoms with Gasteiger partial charge in [-0.3, -0.25) is 4.79 Å². The quantitative estimate of drug-likeness (QED) is 0.695. The van der Waals surface area contributed by atoms with Crippen LogP contribution in [0.1, 0.15) is 68.2 Å². The van der Waals surface area contributed by atoms with Gasteiger partial charge in [0.25, 0.3) is 0 Å². The number of hydrogen-bond donors (Lipinski definition) is 1. The highest BCUT2D eigenvalue weighted by Crippen LogP contribution is 2.46. The fourth-order valence-electron chi connectivity index (χ4n) is 4.27. The summed E-state index contributed by atoms with van der Waals surface area (Å²) in [6.07, 6.45) is 3.74. The molecule has 154 valence electrons. The van der Waals surface area contributed by atoms with Crippen molar-refractivity contribution in [1.29, 1.82) is 0 Å². The molecule has 0 unspecified atom stereocenters. The zero-order valence-corrected chi connectivity index (χ0v) is 17.9. The van der Waals surface area contributed by atoms with Crippen LogP contribution in [0.25, 0.3) is 0 Å². The van der Waals surface area contributed by atoms with Crippen molar-refractivity contribution >= 4 is 17.3 Å². The molecule has 1 fully saturated rings. The molecule has 0 spiro atoms. The Morgan fingerprint density at radius 2 is 1.93 bits per heavy atom. The lowest BCUT2D eigenvalue weighted by molar-refractivity contribution is -0.117. The van der Waals surface area contributed by atoms with E-state index in [2.05, 4.69) is 50.0 Å². The monoisotopic (exact) mass is 394 g/mol. The average Bonchev–Trinajstić information content (AvgIpc) is 3.46. The van der Waals surface area contributed by atoms with Gasteiger partial charge in [0.15, 0.2) is 0 Å². The topological polar surface area (TPSA) is 32.3 Å². The number of fused-ring (bicyclic) bond motifs is 1. The number of benzene rings is 2. The fourth-order valence-corrected chi connectivity index (χ4v) is 4.27. The van der Waals surface area contributed by atoms with E-state index in [-0.39, 0.29) is 17.1 Å². The molecule has 1 amide bonds. The van der Waals surface area contributed by atoms with Crippen molar-refractivity contribution in [3.05, 3.63) is 58.4 Å². The van der Waals surface area contributed by atoms with Gasteiger partial charge in [-0.2, -0.15) is 0 Å². The van der Waals surface area contributed by atoms with Crippen LogP contribution in [0.4, 0.5) is 15.8 Å². The maximum atomic E-state index is 13.5. The Hall–Kier alpha value is -2.36. The number of carbonyl (C=O) groups is 1. The van der Waals surface area contributed by atoms with Gasteiger partial charge in [0, 0.05) is 30.9 Å². The number of hydrogen-bond acceptors (Lipinski definition) is 2. The highest BCUT2D eigenvalue weighted by molar-refractivity contribution is 5.93. The van der Waals surface area contributed by atoms with E-state index in [1.807, 2.05) is 6.07 Å². The summed E-state index contributed by atoms with van der Waals surface area (Å²) in [5, 5.41) is 3.21. The van der Waals surface area contributed by atoms with Crippen molar-refractivity contribution in [3.63, 3.8) is 0 Å². The first kappa shape index (κ1) is 19.9. The second-order valence-corrected chi connectivity index (χ2v) is 9.87. The number of nitrogens with zero attached hydrogens (tertiary/aromatic N) is 1. The maximum absolute atomic E-state index is 13.5. The van der Waals surface area contributed by atoms with Crippen LogP contribution in [-0.4, -0.2) is 12.5 Å². The largest absolute Gasteiger partial charge is 0.367 e. The van der Waals surface area contributed by atoms with Gasteiger partial charge in [-0.25, -0.2) is 4.39 Å². The number of anilines is 2. The van der Waals surface area contributed by atoms with Crippen molar-refractivity contribution in [2.45, 2.75) is 65.8 Å². The van der Waals surface area contributed by atoms with Gasteiger partial charge < -0.3 is 10.2 Å². The summed E-state index contributed by atoms with van der Waals surface area (Å²) >= 11 is 0. The second kappa shape index (κ2) is 7.47. The standard InChI is InChI=1S/C25H31FN2O/c1-16-11-21(28-10-9-18-12-20(26)8-7-19(18)15-28)13-22(17-5-6-17)24(16)27-23(29)14-25(2,3)4/h7-8,11-13,17H,5-6,9-10,14-15H2,1-4H3,(H,27,29). The minimum Gasteiger partial charge on any atom is -0.367 e. The normalized spacial score (nSPS) is 16.5. The van der Waals surface area contributed by atoms with E-state index in [1.165, 1.54) is 29.7 Å². The molecule has 29 heavy (non-hydrogen) atoms. The number of halogens is 1. The number of nitrogens with one attached hydrogen (secondary N) is 1. The maximum Gasteiger partial charge on any atom is 0.224 e. The van der Waals surface area contributed by atoms with Crippen molar-refractivity contribution in [2.24, 2.45) is 5.41 Å². The molecule has 0 bridgehead atoms. The third kappa shape index (κ3) is 4.63. The van der Waals surface area contributed by atoms with Crippen LogP contribution in [0.5, 0.6) is 0 Å². The third-order valence-electron chi connectivity index (χ3n) is 5.87. The molecule has 0 atom stereocenters. The van der Waals surface area contributed by atoms with Crippen molar-refractivity contribution < 1.29 is 9.18 Å². The molecular weight excluding hydrogens is 363 g/mol. The number of amides is 1. The Balaban J connectivity index is 1.60. The number of rotatable bonds is 4. The Bertz CT molecular complexity index is 941. The third-order valence-corrected chi connectivity index (χ3v) is 5.87. The molecule has 0 saturated heterocycles. The molecule has 1 aliphatic heterocycles. The molecule has 1 heterocycles. The van der Waals surface area contributed by atoms with Crippen LogP contribution in [0.15, 0.2) is 30.3 Å². The molecular formula is C25H31FN2O. The fraction of sp³-hybridized carbons (Fsp3) is 0.480. The first-order valence-corrected chi connectivity index (χ1v) is 10.7. The van der Waals surface area contributed by atoms with Crippen molar-refractivity contribution in [2.75, 3.05) is 16.8 Å². The van der Waals surface area contributed by atoms with Gasteiger partial charge in [0.1, 0.15) is 5.82 Å². The van der Waals surface area contributed by atoms with E-state index in [1.54, 1.807) is 12.1 Å². The molecule has 0 aromatic heterocycles. The van der Waals surface area contributed by atoms with Crippen LogP contribution in [-0.2, 0) is 17.8 Å². The Kier molecular flexibility index (Phi) is 5.14. The van der Waals surface area contributed by atoms with Gasteiger partial charge >= 0.3 is 0 Å². The Labute approximate surface area is 173 Å². The summed E-state index contributed by atoms with van der Waals surface area (Å²) in [7, 11) is 0. The molecule has 1 N–H and O–H groups in total. The average molecular weight is 395 g/mol. The molecule has 3 nitrogen and oxygen atoms in total. The zero-order valence-electron chi connectivity index (χ0n) is 17.9. The Morgan fingerprint density at radius 1 is 1.17 bits per heavy atom. The predicted octanol–water partition coefficient (Wildman–Crippen LogP) is 5.95. The highest BCUT2D eigenvalue weighted by atomic mass is 19.1. The van der Waals surface area contributed by atoms with E-state index in [4.69, 9.17) is 0 Å². The molecule has 1 aliphatic carbocycles. The minimum absolute atomic E-state index is 0.0294. The summed E-state index contributed by atoms with van der Waals surface area (Å²) in [6.45, 7) is 10.0. The number of carbonyl (C=O) groups excluding carboxylic acids is 1. The van der Waals surface area contributed by atoms with E-state index in [9.17, 15) is 9.18 Å². The lowest BCUT2D eigenvalue weighted by Crippen LogP contribution is -2.30. The van der Waals surface area contributed by atoms with Crippen molar-refractivity contribution in [3.8, 4) is 0 Å². The van der Waals surface area contributed by atoms with Crippen LogP contribution in [0.3, 0.4) is 0 Å². The van der Waals surface area contributed by atoms with Crippen LogP contribution < -0.4 is 10.2 Å². The second-order valence-electron chi connectivity index (χ2n) is 9.87. The van der Waals surface area contributed by atoms with E-state index in [0.717, 1.165) is 36.3 Å². The smallest absolute Gasteiger partial charge is 0.224 e. The van der Waals surface area contributed by atoms with Gasteiger partial charge in [0.05, 0.1) is 0 Å². The summed E-state index contributed by atoms with van der Waals surface area (Å²) in [6, 6.07) is 9.59. The van der Waals surface area contributed by atoms with Gasteiger partial charge in [-0.15, -0.1) is 0 Å². The molecule has 1 saturated carbocycles. The van der Waals surface area contributed by atoms with Gasteiger partial charge in [-0.1, -0.05) is 26.8 Å². The van der Waals surface area contributed by atoms with E-state index < -0.39 is 0 Å². The van der Waals surface area contributed by atoms with Crippen molar-refractivity contribution in [1.82, 2.24) is 0 Å². The molecule has 4 heteroatoms. The van der Waals surface area contributed by atoms with Crippen LogP contribution in [0, 0.1) is 18.2 Å². The predicted molar refractivity (Wildman–Crippen MR) is 117 cm³/mol. The zero-order chi connectivity index (χ0) is 20.8. The van der Waals surface area contributed by atoms with Gasteiger partial charge in [0.2, 0.25) is 5.91 Å². The lowest BCUT2D eigenvalue weighted by atomic mass is 9.91. The first-order valence-electron chi connectivity index (χ1n) is 10.7. The van der Waals surface area contributed by atoms with Crippen LogP contribution in [0.2, 0.25) is 0 Å². The van der Waals surface area contributed by atoms with E-state index in [0.29, 0.717) is 12.3 Å². The van der Waals surface area contributed by atoms with E-state index >= 15 is 0 Å². The summed E-state index contributed by atoms with van der Waals surface area (Å²) in [5.74, 6) is 0.480. The molecule has 2 aromatic rings. The summed E-state index contributed by atoms with van der Waals surface area (Å²) in [4.78, 5) is 14.9. The SMILES string of the molecule is Cc1cc(N2CCc3cc(F)ccc3C2)cc(C2CC2)c1NC(=O)CC(C)(C)C. The molecule has 4 rings (SSSR count). The molecule has 0 radical (unpaired) electrons. The molecule has 2 aliphatic rings. The van der Waals surface area contributed by atoms with Crippen LogP contribution >= 0.6 is 0 Å². The van der Waals surface area contributed by atoms with Gasteiger partial charge in [-0.05, 0) is 84.0 Å². The summed E-state index contributed by atoms with van der Waals surface area (Å²) in [5.41, 5.74) is 6.89. The lowest BCUT2D eigenvalue weighted by Gasteiger charge is -2.32. The number of aryl methyl sites for hydroxylation is 1. The Morgan fingerprint density at radius 3 is 2.62 bits per heavy atom. The first-order chi connectivity index (χ1) is 13.7. The summed E-state index contributed by atoms with van der Waals surface area (Å²) < 4.78 is 13.5. The highest BCUT2D eigenvalue weighted by Gasteiger charge is 2.29.